The number of carbonyl (C=O) groups is 2. The molecule has 0 bridgehead atoms. The Kier molecular flexibility index (Phi) is 3.27. The van der Waals surface area contributed by atoms with E-state index in [4.69, 9.17) is 0 Å². The fraction of sp³-hybridized carbons (Fsp3) is 0.105. The lowest BCUT2D eigenvalue weighted by Gasteiger charge is -2.17. The van der Waals surface area contributed by atoms with Gasteiger partial charge in [0.1, 0.15) is 0 Å². The fourth-order valence-corrected chi connectivity index (χ4v) is 3.08. The molecule has 0 atom stereocenters. The van der Waals surface area contributed by atoms with Gasteiger partial charge in [0.2, 0.25) is 5.91 Å². The maximum absolute atomic E-state index is 11.5. The molecule has 1 aromatic heterocycles. The van der Waals surface area contributed by atoms with E-state index in [1.807, 2.05) is 36.4 Å². The lowest BCUT2D eigenvalue weighted by molar-refractivity contribution is -0.116. The smallest absolute Gasteiger partial charge is 0.336 e. The molecule has 0 unspecified atom stereocenters. The second-order valence-electron chi connectivity index (χ2n) is 5.82. The number of anilines is 1. The molecule has 1 amide bonds. The zero-order valence-corrected chi connectivity index (χ0v) is 12.7. The van der Waals surface area contributed by atoms with Gasteiger partial charge in [-0.15, -0.1) is 0 Å². The van der Waals surface area contributed by atoms with Gasteiger partial charge in [-0.25, -0.2) is 4.79 Å². The number of aromatic carboxylic acids is 1. The molecule has 0 radical (unpaired) electrons. The quantitative estimate of drug-likeness (QED) is 0.758. The average Bonchev–Trinajstić information content (AvgIpc) is 2.60. The van der Waals surface area contributed by atoms with Gasteiger partial charge in [0.15, 0.2) is 0 Å². The Labute approximate surface area is 138 Å². The number of nitrogens with zero attached hydrogens (tertiary/aromatic N) is 1. The van der Waals surface area contributed by atoms with Gasteiger partial charge in [-0.2, -0.15) is 0 Å². The van der Waals surface area contributed by atoms with Gasteiger partial charge < -0.3 is 10.4 Å². The molecule has 3 aromatic rings. The third kappa shape index (κ3) is 2.40. The molecule has 0 aliphatic carbocycles. The molecule has 5 nitrogen and oxygen atoms in total. The lowest BCUT2D eigenvalue weighted by Crippen LogP contribution is -2.18. The molecule has 24 heavy (non-hydrogen) atoms. The maximum atomic E-state index is 11.5. The number of carboxylic acid groups (broad SMARTS) is 1. The minimum Gasteiger partial charge on any atom is -0.478 e. The summed E-state index contributed by atoms with van der Waals surface area (Å²) < 4.78 is 0. The van der Waals surface area contributed by atoms with Crippen LogP contribution in [0, 0.1) is 0 Å². The largest absolute Gasteiger partial charge is 0.478 e. The molecular formula is C19H14N2O3. The Morgan fingerprint density at radius 2 is 1.83 bits per heavy atom. The van der Waals surface area contributed by atoms with Gasteiger partial charge in [-0.1, -0.05) is 12.1 Å². The van der Waals surface area contributed by atoms with Crippen molar-refractivity contribution >= 4 is 28.5 Å². The van der Waals surface area contributed by atoms with Gasteiger partial charge >= 0.3 is 5.97 Å². The topological polar surface area (TPSA) is 79.3 Å². The van der Waals surface area contributed by atoms with E-state index < -0.39 is 5.97 Å². The van der Waals surface area contributed by atoms with Crippen LogP contribution in [-0.2, 0) is 11.2 Å². The van der Waals surface area contributed by atoms with Crippen molar-refractivity contribution in [1.82, 2.24) is 4.98 Å². The van der Waals surface area contributed by atoms with Crippen molar-refractivity contribution in [2.24, 2.45) is 0 Å². The SMILES string of the molecule is O=C1CCc2cc(-c3ccc4nccc(C(=O)O)c4c3)ccc2N1. The van der Waals surface area contributed by atoms with Crippen molar-refractivity contribution in [3.8, 4) is 11.1 Å². The first kappa shape index (κ1) is 14.4. The van der Waals surface area contributed by atoms with Crippen LogP contribution in [0.25, 0.3) is 22.0 Å². The summed E-state index contributed by atoms with van der Waals surface area (Å²) in [6.45, 7) is 0. The monoisotopic (exact) mass is 318 g/mol. The number of rotatable bonds is 2. The third-order valence-corrected chi connectivity index (χ3v) is 4.31. The summed E-state index contributed by atoms with van der Waals surface area (Å²) in [7, 11) is 0. The van der Waals surface area contributed by atoms with E-state index in [1.54, 1.807) is 0 Å². The number of nitrogens with one attached hydrogen (secondary N) is 1. The van der Waals surface area contributed by atoms with E-state index >= 15 is 0 Å². The first-order valence-electron chi connectivity index (χ1n) is 7.67. The Balaban J connectivity index is 1.83. The van der Waals surface area contributed by atoms with Gasteiger partial charge in [0.05, 0.1) is 11.1 Å². The van der Waals surface area contributed by atoms with E-state index in [9.17, 15) is 14.7 Å². The van der Waals surface area contributed by atoms with Crippen LogP contribution in [0.4, 0.5) is 5.69 Å². The molecular weight excluding hydrogens is 304 g/mol. The Morgan fingerprint density at radius 1 is 1.04 bits per heavy atom. The molecule has 118 valence electrons. The summed E-state index contributed by atoms with van der Waals surface area (Å²) in [5.74, 6) is -0.925. The number of fused-ring (bicyclic) bond motifs is 2. The van der Waals surface area contributed by atoms with Crippen molar-refractivity contribution < 1.29 is 14.7 Å². The average molecular weight is 318 g/mol. The number of aryl methyl sites for hydroxylation is 1. The van der Waals surface area contributed by atoms with Crippen LogP contribution in [0.3, 0.4) is 0 Å². The normalized spacial score (nSPS) is 13.4. The molecule has 1 aliphatic rings. The summed E-state index contributed by atoms with van der Waals surface area (Å²) >= 11 is 0. The molecule has 0 saturated heterocycles. The number of amides is 1. The predicted molar refractivity (Wildman–Crippen MR) is 91.1 cm³/mol. The second-order valence-corrected chi connectivity index (χ2v) is 5.82. The number of hydrogen-bond donors (Lipinski definition) is 2. The maximum Gasteiger partial charge on any atom is 0.336 e. The number of benzene rings is 2. The predicted octanol–water partition coefficient (Wildman–Crippen LogP) is 3.48. The molecule has 2 N–H and O–H groups in total. The van der Waals surface area contributed by atoms with Crippen molar-refractivity contribution in [3.05, 3.63) is 59.8 Å². The summed E-state index contributed by atoms with van der Waals surface area (Å²) in [5.41, 5.74) is 4.76. The van der Waals surface area contributed by atoms with Gasteiger partial charge in [0.25, 0.3) is 0 Å². The zero-order chi connectivity index (χ0) is 16.7. The fourth-order valence-electron chi connectivity index (χ4n) is 3.08. The van der Waals surface area contributed by atoms with Crippen LogP contribution in [-0.4, -0.2) is 22.0 Å². The highest BCUT2D eigenvalue weighted by Gasteiger charge is 2.16. The Hall–Kier alpha value is -3.21. The number of hydrogen-bond acceptors (Lipinski definition) is 3. The van der Waals surface area contributed by atoms with Gasteiger partial charge in [-0.05, 0) is 53.4 Å². The molecule has 1 aliphatic heterocycles. The van der Waals surface area contributed by atoms with Crippen LogP contribution in [0.5, 0.6) is 0 Å². The van der Waals surface area contributed by atoms with E-state index in [0.29, 0.717) is 23.7 Å². The summed E-state index contributed by atoms with van der Waals surface area (Å²) in [5, 5.41) is 12.8. The van der Waals surface area contributed by atoms with Crippen LogP contribution >= 0.6 is 0 Å². The summed E-state index contributed by atoms with van der Waals surface area (Å²) in [6.07, 6.45) is 2.71. The number of carboxylic acids is 1. The van der Waals surface area contributed by atoms with Gasteiger partial charge in [0, 0.05) is 23.7 Å². The standard InChI is InChI=1S/C19H14N2O3/c22-18-6-3-13-9-11(1-4-16(13)21-18)12-2-5-17-15(10-12)14(19(23)24)7-8-20-17/h1-2,4-5,7-10H,3,6H2,(H,21,22)(H,23,24). The zero-order valence-electron chi connectivity index (χ0n) is 12.7. The molecule has 4 rings (SSSR count). The van der Waals surface area contributed by atoms with E-state index in [-0.39, 0.29) is 11.5 Å². The summed E-state index contributed by atoms with van der Waals surface area (Å²) in [6, 6.07) is 13.0. The minimum atomic E-state index is -0.965. The molecule has 0 saturated carbocycles. The van der Waals surface area contributed by atoms with E-state index in [2.05, 4.69) is 10.3 Å². The molecule has 0 fully saturated rings. The second kappa shape index (κ2) is 5.45. The first-order valence-corrected chi connectivity index (χ1v) is 7.67. The molecule has 0 spiro atoms. The van der Waals surface area contributed by atoms with Crippen LogP contribution in [0.1, 0.15) is 22.3 Å². The van der Waals surface area contributed by atoms with Crippen LogP contribution in [0.15, 0.2) is 48.7 Å². The third-order valence-electron chi connectivity index (χ3n) is 4.31. The highest BCUT2D eigenvalue weighted by atomic mass is 16.4. The van der Waals surface area contributed by atoms with Crippen molar-refractivity contribution in [1.29, 1.82) is 0 Å². The van der Waals surface area contributed by atoms with Gasteiger partial charge in [-0.3, -0.25) is 9.78 Å². The lowest BCUT2D eigenvalue weighted by atomic mass is 9.95. The van der Waals surface area contributed by atoms with Crippen LogP contribution < -0.4 is 5.32 Å². The molecule has 5 heteroatoms. The van der Waals surface area contributed by atoms with Crippen molar-refractivity contribution in [2.75, 3.05) is 5.32 Å². The van der Waals surface area contributed by atoms with E-state index in [1.165, 1.54) is 12.3 Å². The Morgan fingerprint density at radius 3 is 2.67 bits per heavy atom. The molecule has 2 aromatic carbocycles. The molecule has 2 heterocycles. The summed E-state index contributed by atoms with van der Waals surface area (Å²) in [4.78, 5) is 27.1. The number of pyridine rings is 1. The van der Waals surface area contributed by atoms with E-state index in [0.717, 1.165) is 22.4 Å². The number of aromatic nitrogens is 1. The highest BCUT2D eigenvalue weighted by molar-refractivity contribution is 6.03. The minimum absolute atomic E-state index is 0.0399. The Bertz CT molecular complexity index is 995. The van der Waals surface area contributed by atoms with Crippen molar-refractivity contribution in [2.45, 2.75) is 12.8 Å². The van der Waals surface area contributed by atoms with Crippen molar-refractivity contribution in [3.63, 3.8) is 0 Å². The highest BCUT2D eigenvalue weighted by Crippen LogP contribution is 2.30. The number of carbonyl (C=O) groups excluding carboxylic acids is 1. The first-order chi connectivity index (χ1) is 11.6. The van der Waals surface area contributed by atoms with Crippen LogP contribution in [0.2, 0.25) is 0 Å².